The molecular weight excluding hydrogens is 484 g/mol. The molecule has 3 saturated carbocycles. The highest BCUT2D eigenvalue weighted by Gasteiger charge is 2.59. The van der Waals surface area contributed by atoms with Crippen LogP contribution in [0.15, 0.2) is 23.8 Å². The van der Waals surface area contributed by atoms with Crippen molar-refractivity contribution in [2.24, 2.45) is 52.3 Å². The van der Waals surface area contributed by atoms with Gasteiger partial charge in [0, 0.05) is 12.8 Å². The Bertz CT molecular complexity index is 895. The van der Waals surface area contributed by atoms with Crippen molar-refractivity contribution in [3.8, 4) is 0 Å². The number of aliphatic hydroxyl groups is 2. The van der Waals surface area contributed by atoms with Gasteiger partial charge in [-0.1, -0.05) is 65.3 Å². The van der Waals surface area contributed by atoms with Crippen molar-refractivity contribution in [2.75, 3.05) is 6.61 Å². The summed E-state index contributed by atoms with van der Waals surface area (Å²) in [5, 5.41) is 19.8. The number of fused-ring (bicyclic) bond motifs is 5. The Morgan fingerprint density at radius 3 is 2.56 bits per heavy atom. The molecule has 4 aliphatic carbocycles. The van der Waals surface area contributed by atoms with Crippen LogP contribution in [0.5, 0.6) is 0 Å². The first-order chi connectivity index (χ1) is 18.6. The lowest BCUT2D eigenvalue weighted by molar-refractivity contribution is -0.242. The van der Waals surface area contributed by atoms with Crippen LogP contribution in [0.3, 0.4) is 0 Å². The van der Waals surface area contributed by atoms with Crippen molar-refractivity contribution in [3.63, 3.8) is 0 Å². The van der Waals surface area contributed by atoms with Gasteiger partial charge in [0.05, 0.1) is 24.9 Å². The van der Waals surface area contributed by atoms with Crippen molar-refractivity contribution in [1.82, 2.24) is 0 Å². The third kappa shape index (κ3) is 5.71. The van der Waals surface area contributed by atoms with Gasteiger partial charge >= 0.3 is 0 Å². The summed E-state index contributed by atoms with van der Waals surface area (Å²) in [5.74, 6) is 5.42. The predicted octanol–water partition coefficient (Wildman–Crippen LogP) is 7.68. The molecular formula is C35H58O4. The summed E-state index contributed by atoms with van der Waals surface area (Å²) in [5.41, 5.74) is 2.42. The fourth-order valence-electron chi connectivity index (χ4n) is 10.3. The molecule has 0 aromatic heterocycles. The van der Waals surface area contributed by atoms with Crippen LogP contribution in [0.25, 0.3) is 0 Å². The summed E-state index contributed by atoms with van der Waals surface area (Å²) in [6.45, 7) is 14.8. The lowest BCUT2D eigenvalue weighted by Crippen LogP contribution is -2.51. The Morgan fingerprint density at radius 2 is 1.85 bits per heavy atom. The smallest absolute Gasteiger partial charge is 0.160 e. The van der Waals surface area contributed by atoms with E-state index in [1.54, 1.807) is 5.57 Å². The average molecular weight is 543 g/mol. The third-order valence-electron chi connectivity index (χ3n) is 12.6. The lowest BCUT2D eigenvalue weighted by atomic mass is 9.47. The highest BCUT2D eigenvalue weighted by molar-refractivity contribution is 5.25. The van der Waals surface area contributed by atoms with E-state index in [-0.39, 0.29) is 18.8 Å². The van der Waals surface area contributed by atoms with Gasteiger partial charge in [0.15, 0.2) is 6.29 Å². The molecule has 5 aliphatic rings. The Balaban J connectivity index is 1.25. The van der Waals surface area contributed by atoms with Gasteiger partial charge in [-0.05, 0) is 110 Å². The van der Waals surface area contributed by atoms with Gasteiger partial charge in [0.1, 0.15) is 0 Å². The molecule has 39 heavy (non-hydrogen) atoms. The zero-order valence-electron chi connectivity index (χ0n) is 25.8. The van der Waals surface area contributed by atoms with Gasteiger partial charge in [-0.2, -0.15) is 0 Å². The van der Waals surface area contributed by atoms with Crippen LogP contribution >= 0.6 is 0 Å². The second kappa shape index (κ2) is 11.9. The zero-order chi connectivity index (χ0) is 27.9. The van der Waals surface area contributed by atoms with Crippen LogP contribution < -0.4 is 0 Å². The normalized spacial score (nSPS) is 45.9. The quantitative estimate of drug-likeness (QED) is 0.309. The topological polar surface area (TPSA) is 58.9 Å². The van der Waals surface area contributed by atoms with E-state index < -0.39 is 12.4 Å². The Hall–Kier alpha value is -0.680. The van der Waals surface area contributed by atoms with Crippen LogP contribution in [0.4, 0.5) is 0 Å². The number of hydrogen-bond acceptors (Lipinski definition) is 4. The number of ether oxygens (including phenoxy) is 2. The van der Waals surface area contributed by atoms with Crippen LogP contribution in [0.2, 0.25) is 0 Å². The van der Waals surface area contributed by atoms with Crippen molar-refractivity contribution >= 4 is 0 Å². The zero-order valence-corrected chi connectivity index (χ0v) is 25.8. The first kappa shape index (κ1) is 29.8. The number of rotatable bonds is 8. The summed E-state index contributed by atoms with van der Waals surface area (Å²) >= 11 is 0. The minimum absolute atomic E-state index is 0.0545. The molecule has 4 heteroatoms. The standard InChI is InChI=1S/C35H58O4/c1-7-24(22(2)3)9-8-23(4)30-12-13-31-29-11-10-25-18-27(38-33-20-26(37)19-28(21-36)39-33)14-16-34(25,5)32(29)15-17-35(30,31)6/h8-10,22-24,26-33,36-37H,7,11-21H2,1-6H3/b9-8+/t23-,24?,26?,27?,28?,29?,30?,31?,32?,33?,34?,35?/m1/s1. The summed E-state index contributed by atoms with van der Waals surface area (Å²) < 4.78 is 12.3. The monoisotopic (exact) mass is 542 g/mol. The summed E-state index contributed by atoms with van der Waals surface area (Å²) in [7, 11) is 0. The fraction of sp³-hybridized carbons (Fsp3) is 0.886. The number of allylic oxidation sites excluding steroid dienone is 3. The van der Waals surface area contributed by atoms with Gasteiger partial charge in [0.2, 0.25) is 0 Å². The molecule has 0 aromatic carbocycles. The van der Waals surface area contributed by atoms with Crippen molar-refractivity contribution < 1.29 is 19.7 Å². The van der Waals surface area contributed by atoms with E-state index in [0.29, 0.717) is 35.5 Å². The van der Waals surface area contributed by atoms with E-state index in [2.05, 4.69) is 59.8 Å². The van der Waals surface area contributed by atoms with Crippen LogP contribution in [0, 0.1) is 52.3 Å². The van der Waals surface area contributed by atoms with E-state index in [1.807, 2.05) is 0 Å². The average Bonchev–Trinajstić information content (AvgIpc) is 3.26. The van der Waals surface area contributed by atoms with Crippen LogP contribution in [0.1, 0.15) is 112 Å². The van der Waals surface area contributed by atoms with E-state index in [1.165, 1.54) is 44.9 Å². The van der Waals surface area contributed by atoms with Gasteiger partial charge in [-0.25, -0.2) is 0 Å². The molecule has 0 aromatic rings. The number of aliphatic hydroxyl groups excluding tert-OH is 2. The molecule has 0 bridgehead atoms. The highest BCUT2D eigenvalue weighted by Crippen LogP contribution is 2.67. The van der Waals surface area contributed by atoms with Gasteiger partial charge in [-0.15, -0.1) is 0 Å². The maximum Gasteiger partial charge on any atom is 0.160 e. The lowest BCUT2D eigenvalue weighted by Gasteiger charge is -2.58. The molecule has 0 amide bonds. The minimum atomic E-state index is -0.447. The molecule has 5 rings (SSSR count). The summed E-state index contributed by atoms with van der Waals surface area (Å²) in [4.78, 5) is 0. The molecule has 1 saturated heterocycles. The second-order valence-electron chi connectivity index (χ2n) is 15.0. The Labute approximate surface area is 239 Å². The van der Waals surface area contributed by atoms with E-state index >= 15 is 0 Å². The van der Waals surface area contributed by atoms with Crippen molar-refractivity contribution in [1.29, 1.82) is 0 Å². The fourth-order valence-corrected chi connectivity index (χ4v) is 10.3. The molecule has 4 nitrogen and oxygen atoms in total. The maximum atomic E-state index is 10.2. The summed E-state index contributed by atoms with van der Waals surface area (Å²) in [6, 6.07) is 0. The van der Waals surface area contributed by atoms with Crippen LogP contribution in [-0.4, -0.2) is 41.4 Å². The van der Waals surface area contributed by atoms with Gasteiger partial charge < -0.3 is 19.7 Å². The summed E-state index contributed by atoms with van der Waals surface area (Å²) in [6.07, 6.45) is 19.1. The predicted molar refractivity (Wildman–Crippen MR) is 158 cm³/mol. The SMILES string of the molecule is CCC(/C=C/[C@@H](C)C1CCC2C3CC=C4CC(OC5CC(O)CC(CO)O5)CCC4(C)C3CCC21C)C(C)C. The van der Waals surface area contributed by atoms with Gasteiger partial charge in [-0.3, -0.25) is 0 Å². The molecule has 1 heterocycles. The highest BCUT2D eigenvalue weighted by atomic mass is 16.7. The molecule has 1 aliphatic heterocycles. The first-order valence-corrected chi connectivity index (χ1v) is 16.6. The van der Waals surface area contributed by atoms with Crippen molar-refractivity contribution in [2.45, 2.75) is 137 Å². The second-order valence-corrected chi connectivity index (χ2v) is 15.0. The molecule has 0 spiro atoms. The third-order valence-corrected chi connectivity index (χ3v) is 12.6. The first-order valence-electron chi connectivity index (χ1n) is 16.6. The largest absolute Gasteiger partial charge is 0.394 e. The van der Waals surface area contributed by atoms with E-state index in [4.69, 9.17) is 9.47 Å². The van der Waals surface area contributed by atoms with E-state index in [9.17, 15) is 10.2 Å². The molecule has 11 unspecified atom stereocenters. The Kier molecular flexibility index (Phi) is 9.09. The van der Waals surface area contributed by atoms with E-state index in [0.717, 1.165) is 42.4 Å². The van der Waals surface area contributed by atoms with Crippen molar-refractivity contribution in [3.05, 3.63) is 23.8 Å². The Morgan fingerprint density at radius 1 is 1.05 bits per heavy atom. The van der Waals surface area contributed by atoms with Crippen LogP contribution in [-0.2, 0) is 9.47 Å². The number of hydrogen-bond donors (Lipinski definition) is 2. The molecule has 2 N–H and O–H groups in total. The minimum Gasteiger partial charge on any atom is -0.394 e. The molecule has 12 atom stereocenters. The molecule has 0 radical (unpaired) electrons. The maximum absolute atomic E-state index is 10.2. The molecule has 4 fully saturated rings. The molecule has 222 valence electrons. The van der Waals surface area contributed by atoms with Gasteiger partial charge in [0.25, 0.3) is 0 Å².